The van der Waals surface area contributed by atoms with Gasteiger partial charge in [0.2, 0.25) is 11.2 Å². The van der Waals surface area contributed by atoms with Gasteiger partial charge in [0.15, 0.2) is 0 Å². The minimum absolute atomic E-state index is 0.0807. The largest absolute Gasteiger partial charge is 0.213 e. The molecule has 1 nitrogen and oxygen atoms in total. The van der Waals surface area contributed by atoms with Crippen LogP contribution in [0.2, 0.25) is 0 Å². The first-order valence-corrected chi connectivity index (χ1v) is 11.4. The van der Waals surface area contributed by atoms with Crippen LogP contribution in [0.3, 0.4) is 0 Å². The van der Waals surface area contributed by atoms with E-state index in [0.29, 0.717) is 0 Å². The molecule has 1 heterocycles. The van der Waals surface area contributed by atoms with Crippen LogP contribution in [0.5, 0.6) is 0 Å². The summed E-state index contributed by atoms with van der Waals surface area (Å²) in [7, 11) is 2.21. The monoisotopic (exact) mass is 410 g/mol. The molecular formula is C30H36N+. The Balaban J connectivity index is 1.98. The van der Waals surface area contributed by atoms with Crippen molar-refractivity contribution in [2.45, 2.75) is 60.3 Å². The van der Waals surface area contributed by atoms with Gasteiger partial charge in [-0.1, -0.05) is 71.9 Å². The molecule has 0 bridgehead atoms. The summed E-state index contributed by atoms with van der Waals surface area (Å²) < 4.78 is 2.38. The van der Waals surface area contributed by atoms with Gasteiger partial charge in [-0.05, 0) is 69.8 Å². The molecule has 0 saturated heterocycles. The highest BCUT2D eigenvalue weighted by Crippen LogP contribution is 2.37. The molecule has 1 heteroatoms. The van der Waals surface area contributed by atoms with Crippen molar-refractivity contribution in [2.24, 2.45) is 12.5 Å². The lowest BCUT2D eigenvalue weighted by Crippen LogP contribution is -2.32. The minimum atomic E-state index is 0.0807. The van der Waals surface area contributed by atoms with Crippen LogP contribution in [0, 0.1) is 12.3 Å². The molecule has 0 amide bonds. The van der Waals surface area contributed by atoms with E-state index < -0.39 is 0 Å². The van der Waals surface area contributed by atoms with Gasteiger partial charge in [0.25, 0.3) is 0 Å². The highest BCUT2D eigenvalue weighted by atomic mass is 14.9. The first kappa shape index (κ1) is 21.6. The normalized spacial score (nSPS) is 12.6. The quantitative estimate of drug-likeness (QED) is 0.298. The van der Waals surface area contributed by atoms with Crippen LogP contribution in [-0.4, -0.2) is 0 Å². The lowest BCUT2D eigenvalue weighted by molar-refractivity contribution is -0.633. The zero-order valence-electron chi connectivity index (χ0n) is 20.4. The Bertz CT molecular complexity index is 1280. The highest BCUT2D eigenvalue weighted by Gasteiger charge is 2.24. The van der Waals surface area contributed by atoms with E-state index in [0.717, 1.165) is 6.42 Å². The summed E-state index contributed by atoms with van der Waals surface area (Å²) in [5.41, 5.74) is 8.41. The number of aromatic nitrogens is 1. The Morgan fingerprint density at radius 1 is 0.774 bits per heavy atom. The van der Waals surface area contributed by atoms with Crippen LogP contribution in [0.1, 0.15) is 58.2 Å². The predicted octanol–water partition coefficient (Wildman–Crippen LogP) is 7.68. The van der Waals surface area contributed by atoms with Crippen LogP contribution in [0.15, 0.2) is 60.7 Å². The molecule has 0 radical (unpaired) electrons. The van der Waals surface area contributed by atoms with Crippen LogP contribution in [0.25, 0.3) is 32.9 Å². The van der Waals surface area contributed by atoms with Gasteiger partial charge in [0.1, 0.15) is 7.05 Å². The summed E-state index contributed by atoms with van der Waals surface area (Å²) in [5.74, 6) is 0. The maximum Gasteiger partial charge on any atom is 0.213 e. The minimum Gasteiger partial charge on any atom is -0.194 e. The molecule has 0 aliphatic heterocycles. The Kier molecular flexibility index (Phi) is 5.20. The van der Waals surface area contributed by atoms with Crippen molar-refractivity contribution in [1.82, 2.24) is 0 Å². The second-order valence-corrected chi connectivity index (χ2v) is 11.3. The van der Waals surface area contributed by atoms with Crippen molar-refractivity contribution in [2.75, 3.05) is 0 Å². The number of hydrogen-bond donors (Lipinski definition) is 0. The fourth-order valence-corrected chi connectivity index (χ4v) is 4.83. The summed E-state index contributed by atoms with van der Waals surface area (Å²) in [6, 6.07) is 22.8. The zero-order chi connectivity index (χ0) is 22.6. The third-order valence-electron chi connectivity index (χ3n) is 6.37. The van der Waals surface area contributed by atoms with Crippen molar-refractivity contribution < 1.29 is 4.57 Å². The van der Waals surface area contributed by atoms with Crippen molar-refractivity contribution in [3.8, 4) is 11.3 Å². The molecule has 4 aromatic rings. The van der Waals surface area contributed by atoms with Gasteiger partial charge in [0.05, 0.1) is 0 Å². The van der Waals surface area contributed by atoms with Gasteiger partial charge in [-0.15, -0.1) is 0 Å². The standard InChI is InChI=1S/C30H36N/c1-20-23-11-9-10-12-24(23)26(30(5,6)7)18-25(20)27-16-15-22-14-13-21(19-29(2,3)4)17-28(22)31(27)8/h9-18H,19H2,1-8H3/q+1. The lowest BCUT2D eigenvalue weighted by Gasteiger charge is -2.24. The molecule has 4 rings (SSSR count). The maximum atomic E-state index is 2.43. The van der Waals surface area contributed by atoms with Crippen LogP contribution in [0.4, 0.5) is 0 Å². The van der Waals surface area contributed by atoms with E-state index in [2.05, 4.69) is 121 Å². The molecule has 0 spiro atoms. The van der Waals surface area contributed by atoms with Crippen LogP contribution in [-0.2, 0) is 18.9 Å². The number of aryl methyl sites for hydroxylation is 2. The molecule has 0 aliphatic carbocycles. The Morgan fingerprint density at radius 2 is 1.42 bits per heavy atom. The number of benzene rings is 3. The van der Waals surface area contributed by atoms with E-state index in [1.807, 2.05) is 0 Å². The molecular weight excluding hydrogens is 374 g/mol. The SMILES string of the molecule is Cc1c(-c2ccc3ccc(CC(C)(C)C)cc3[n+]2C)cc(C(C)(C)C)c2ccccc12. The predicted molar refractivity (Wildman–Crippen MR) is 135 cm³/mol. The summed E-state index contributed by atoms with van der Waals surface area (Å²) in [4.78, 5) is 0. The van der Waals surface area contributed by atoms with Crippen molar-refractivity contribution in [1.29, 1.82) is 0 Å². The van der Waals surface area contributed by atoms with Crippen molar-refractivity contribution >= 4 is 21.7 Å². The van der Waals surface area contributed by atoms with E-state index >= 15 is 0 Å². The van der Waals surface area contributed by atoms with E-state index in [1.54, 1.807) is 0 Å². The zero-order valence-corrected chi connectivity index (χ0v) is 20.4. The smallest absolute Gasteiger partial charge is 0.194 e. The first-order chi connectivity index (χ1) is 14.5. The molecule has 0 atom stereocenters. The number of fused-ring (bicyclic) bond motifs is 2. The van der Waals surface area contributed by atoms with Gasteiger partial charge < -0.3 is 0 Å². The number of rotatable bonds is 2. The van der Waals surface area contributed by atoms with Gasteiger partial charge in [-0.3, -0.25) is 0 Å². The average Bonchev–Trinajstić information content (AvgIpc) is 2.67. The summed E-state index contributed by atoms with van der Waals surface area (Å²) in [5, 5.41) is 4.01. The van der Waals surface area contributed by atoms with Gasteiger partial charge in [0, 0.05) is 23.1 Å². The molecule has 31 heavy (non-hydrogen) atoms. The van der Waals surface area contributed by atoms with E-state index in [9.17, 15) is 0 Å². The highest BCUT2D eigenvalue weighted by molar-refractivity contribution is 5.94. The Morgan fingerprint density at radius 3 is 2.06 bits per heavy atom. The van der Waals surface area contributed by atoms with E-state index in [4.69, 9.17) is 0 Å². The molecule has 0 unspecified atom stereocenters. The van der Waals surface area contributed by atoms with E-state index in [-0.39, 0.29) is 10.8 Å². The average molecular weight is 411 g/mol. The third kappa shape index (κ3) is 4.11. The van der Waals surface area contributed by atoms with Gasteiger partial charge in [-0.25, -0.2) is 0 Å². The Hall–Kier alpha value is -2.67. The van der Waals surface area contributed by atoms with Crippen LogP contribution < -0.4 is 4.57 Å². The topological polar surface area (TPSA) is 3.88 Å². The third-order valence-corrected chi connectivity index (χ3v) is 6.37. The Labute approximate surface area is 187 Å². The number of nitrogens with zero attached hydrogens (tertiary/aromatic N) is 1. The maximum absolute atomic E-state index is 2.43. The number of hydrogen-bond acceptors (Lipinski definition) is 0. The molecule has 160 valence electrons. The first-order valence-electron chi connectivity index (χ1n) is 11.4. The molecule has 1 aromatic heterocycles. The molecule has 0 fully saturated rings. The molecule has 0 N–H and O–H groups in total. The fraction of sp³-hybridized carbons (Fsp3) is 0.367. The van der Waals surface area contributed by atoms with Crippen molar-refractivity contribution in [3.63, 3.8) is 0 Å². The van der Waals surface area contributed by atoms with Gasteiger partial charge >= 0.3 is 0 Å². The van der Waals surface area contributed by atoms with Crippen molar-refractivity contribution in [3.05, 3.63) is 77.4 Å². The van der Waals surface area contributed by atoms with Gasteiger partial charge in [-0.2, -0.15) is 4.57 Å². The van der Waals surface area contributed by atoms with Crippen LogP contribution >= 0.6 is 0 Å². The fourth-order valence-electron chi connectivity index (χ4n) is 4.83. The molecule has 0 saturated carbocycles. The second kappa shape index (κ2) is 7.48. The lowest BCUT2D eigenvalue weighted by atomic mass is 9.80. The molecule has 0 aliphatic rings. The summed E-state index contributed by atoms with van der Waals surface area (Å²) in [6.07, 6.45) is 1.08. The van der Waals surface area contributed by atoms with E-state index in [1.165, 1.54) is 49.6 Å². The number of pyridine rings is 1. The second-order valence-electron chi connectivity index (χ2n) is 11.3. The summed E-state index contributed by atoms with van der Waals surface area (Å²) >= 11 is 0. The summed E-state index contributed by atoms with van der Waals surface area (Å²) in [6.45, 7) is 16.1. The molecule has 3 aromatic carbocycles.